The Morgan fingerprint density at radius 1 is 1.00 bits per heavy atom. The Hall–Kier alpha value is -1.03. The van der Waals surface area contributed by atoms with Crippen LogP contribution >= 0.6 is 34.8 Å². The molecular weight excluding hydrogens is 281 g/mol. The summed E-state index contributed by atoms with van der Waals surface area (Å²) in [7, 11) is 0. The van der Waals surface area contributed by atoms with Gasteiger partial charge in [-0.15, -0.1) is 0 Å². The molecule has 0 saturated heterocycles. The second-order valence-corrected chi connectivity index (χ2v) is 4.52. The van der Waals surface area contributed by atoms with Crippen LogP contribution in [0.25, 0.3) is 0 Å². The smallest absolute Gasteiger partial charge is 0.225 e. The van der Waals surface area contributed by atoms with E-state index in [1.165, 1.54) is 0 Å². The summed E-state index contributed by atoms with van der Waals surface area (Å²) in [5.74, 6) is 0.581. The van der Waals surface area contributed by atoms with Gasteiger partial charge in [-0.25, -0.2) is 9.97 Å². The number of aromatic nitrogens is 2. The Morgan fingerprint density at radius 2 is 1.65 bits per heavy atom. The molecule has 88 valence electrons. The van der Waals surface area contributed by atoms with Crippen molar-refractivity contribution in [2.24, 2.45) is 0 Å². The van der Waals surface area contributed by atoms with Crippen molar-refractivity contribution in [1.29, 1.82) is 0 Å². The average molecular weight is 289 g/mol. The van der Waals surface area contributed by atoms with Crippen LogP contribution in [0.4, 0.5) is 11.5 Å². The highest BCUT2D eigenvalue weighted by Gasteiger charge is 2.08. The van der Waals surface area contributed by atoms with Crippen molar-refractivity contribution in [3.05, 3.63) is 45.3 Å². The number of nitrogens with zero attached hydrogens (tertiary/aromatic N) is 2. The summed E-state index contributed by atoms with van der Waals surface area (Å²) in [6.45, 7) is 1.82. The molecule has 6 heteroatoms. The van der Waals surface area contributed by atoms with E-state index in [0.717, 1.165) is 11.3 Å². The molecule has 1 N–H and O–H groups in total. The molecule has 3 nitrogen and oxygen atoms in total. The Bertz CT molecular complexity index is 540. The molecule has 1 aromatic carbocycles. The maximum Gasteiger partial charge on any atom is 0.225 e. The molecule has 0 atom stereocenters. The molecule has 0 amide bonds. The first kappa shape index (κ1) is 12.4. The van der Waals surface area contributed by atoms with Crippen LogP contribution in [-0.4, -0.2) is 9.97 Å². The molecule has 0 radical (unpaired) electrons. The van der Waals surface area contributed by atoms with Gasteiger partial charge in [0.05, 0.1) is 0 Å². The third kappa shape index (κ3) is 3.00. The Labute approximate surface area is 114 Å². The monoisotopic (exact) mass is 287 g/mol. The minimum absolute atomic E-state index is 0.108. The zero-order chi connectivity index (χ0) is 12.4. The van der Waals surface area contributed by atoms with Crippen molar-refractivity contribution in [3.8, 4) is 0 Å². The minimum atomic E-state index is 0.108. The molecule has 0 spiro atoms. The van der Waals surface area contributed by atoms with E-state index in [9.17, 15) is 0 Å². The standard InChI is InChI=1S/C11H8Cl3N3/c1-6-9(13)16-11(14)17-10(6)15-8-4-2-7(12)3-5-8/h2-5H,1H3,(H,15,16,17). The minimum Gasteiger partial charge on any atom is -0.340 e. The first-order valence-corrected chi connectivity index (χ1v) is 5.92. The predicted molar refractivity (Wildman–Crippen MR) is 71.5 cm³/mol. The summed E-state index contributed by atoms with van der Waals surface area (Å²) in [6.07, 6.45) is 0. The van der Waals surface area contributed by atoms with Crippen molar-refractivity contribution in [2.45, 2.75) is 6.92 Å². The van der Waals surface area contributed by atoms with Gasteiger partial charge in [-0.3, -0.25) is 0 Å². The van der Waals surface area contributed by atoms with Crippen LogP contribution < -0.4 is 5.32 Å². The van der Waals surface area contributed by atoms with Crippen LogP contribution in [0.3, 0.4) is 0 Å². The summed E-state index contributed by atoms with van der Waals surface area (Å²) in [4.78, 5) is 7.93. The van der Waals surface area contributed by atoms with Crippen LogP contribution in [0, 0.1) is 6.92 Å². The largest absolute Gasteiger partial charge is 0.340 e. The van der Waals surface area contributed by atoms with Crippen LogP contribution in [-0.2, 0) is 0 Å². The molecule has 17 heavy (non-hydrogen) atoms. The quantitative estimate of drug-likeness (QED) is 0.653. The number of rotatable bonds is 2. The van der Waals surface area contributed by atoms with E-state index >= 15 is 0 Å². The van der Waals surface area contributed by atoms with Gasteiger partial charge in [0.2, 0.25) is 5.28 Å². The normalized spacial score (nSPS) is 10.4. The van der Waals surface area contributed by atoms with Gasteiger partial charge >= 0.3 is 0 Å². The molecule has 2 aromatic rings. The van der Waals surface area contributed by atoms with Gasteiger partial charge in [0, 0.05) is 16.3 Å². The summed E-state index contributed by atoms with van der Waals surface area (Å²) in [6, 6.07) is 7.24. The maximum atomic E-state index is 5.91. The van der Waals surface area contributed by atoms with E-state index in [2.05, 4.69) is 15.3 Å². The van der Waals surface area contributed by atoms with Crippen molar-refractivity contribution < 1.29 is 0 Å². The number of hydrogen-bond acceptors (Lipinski definition) is 3. The first-order chi connectivity index (χ1) is 8.06. The van der Waals surface area contributed by atoms with Crippen LogP contribution in [0.1, 0.15) is 5.56 Å². The number of hydrogen-bond donors (Lipinski definition) is 1. The van der Waals surface area contributed by atoms with Crippen LogP contribution in [0.2, 0.25) is 15.5 Å². The van der Waals surface area contributed by atoms with Gasteiger partial charge in [-0.05, 0) is 42.8 Å². The third-order valence-electron chi connectivity index (χ3n) is 2.17. The predicted octanol–water partition coefficient (Wildman–Crippen LogP) is 4.49. The topological polar surface area (TPSA) is 37.8 Å². The lowest BCUT2D eigenvalue weighted by molar-refractivity contribution is 1.13. The van der Waals surface area contributed by atoms with Crippen molar-refractivity contribution in [2.75, 3.05) is 5.32 Å². The fraction of sp³-hybridized carbons (Fsp3) is 0.0909. The summed E-state index contributed by atoms with van der Waals surface area (Å²) in [5, 5.41) is 4.22. The molecule has 0 unspecified atom stereocenters. The molecule has 0 aliphatic heterocycles. The van der Waals surface area contributed by atoms with Crippen molar-refractivity contribution >= 4 is 46.3 Å². The Kier molecular flexibility index (Phi) is 3.72. The molecule has 1 aromatic heterocycles. The average Bonchev–Trinajstić information content (AvgIpc) is 2.28. The molecular formula is C11H8Cl3N3. The van der Waals surface area contributed by atoms with Crippen LogP contribution in [0.15, 0.2) is 24.3 Å². The molecule has 2 rings (SSSR count). The zero-order valence-corrected chi connectivity index (χ0v) is 11.1. The molecule has 0 fully saturated rings. The molecule has 0 saturated carbocycles. The number of benzene rings is 1. The second-order valence-electron chi connectivity index (χ2n) is 3.39. The lowest BCUT2D eigenvalue weighted by atomic mass is 10.3. The van der Waals surface area contributed by atoms with E-state index in [4.69, 9.17) is 34.8 Å². The summed E-state index contributed by atoms with van der Waals surface area (Å²) >= 11 is 17.5. The number of nitrogens with one attached hydrogen (secondary N) is 1. The van der Waals surface area contributed by atoms with Gasteiger partial charge in [0.25, 0.3) is 0 Å². The summed E-state index contributed by atoms with van der Waals surface area (Å²) in [5.41, 5.74) is 1.59. The van der Waals surface area contributed by atoms with Gasteiger partial charge in [-0.2, -0.15) is 0 Å². The van der Waals surface area contributed by atoms with E-state index < -0.39 is 0 Å². The lowest BCUT2D eigenvalue weighted by Gasteiger charge is -2.09. The Balaban J connectivity index is 2.32. The Morgan fingerprint density at radius 3 is 2.29 bits per heavy atom. The highest BCUT2D eigenvalue weighted by molar-refractivity contribution is 6.32. The fourth-order valence-corrected chi connectivity index (χ4v) is 1.76. The number of anilines is 2. The van der Waals surface area contributed by atoms with Crippen molar-refractivity contribution in [1.82, 2.24) is 9.97 Å². The molecule has 0 bridgehead atoms. The van der Waals surface area contributed by atoms with Gasteiger partial charge in [-0.1, -0.05) is 23.2 Å². The SMILES string of the molecule is Cc1c(Cl)nc(Cl)nc1Nc1ccc(Cl)cc1. The van der Waals surface area contributed by atoms with E-state index in [0.29, 0.717) is 16.0 Å². The van der Waals surface area contributed by atoms with E-state index in [1.807, 2.05) is 19.1 Å². The highest BCUT2D eigenvalue weighted by Crippen LogP contribution is 2.25. The lowest BCUT2D eigenvalue weighted by Crippen LogP contribution is -1.99. The third-order valence-corrected chi connectivity index (χ3v) is 2.96. The molecule has 0 aliphatic rings. The second kappa shape index (κ2) is 5.08. The van der Waals surface area contributed by atoms with Gasteiger partial charge in [0.15, 0.2) is 0 Å². The summed E-state index contributed by atoms with van der Waals surface area (Å²) < 4.78 is 0. The highest BCUT2D eigenvalue weighted by atomic mass is 35.5. The first-order valence-electron chi connectivity index (χ1n) is 4.78. The van der Waals surface area contributed by atoms with E-state index in [-0.39, 0.29) is 5.28 Å². The number of halogens is 3. The van der Waals surface area contributed by atoms with E-state index in [1.54, 1.807) is 12.1 Å². The van der Waals surface area contributed by atoms with Crippen LogP contribution in [0.5, 0.6) is 0 Å². The fourth-order valence-electron chi connectivity index (χ4n) is 1.26. The van der Waals surface area contributed by atoms with Gasteiger partial charge < -0.3 is 5.32 Å². The van der Waals surface area contributed by atoms with Crippen molar-refractivity contribution in [3.63, 3.8) is 0 Å². The zero-order valence-electron chi connectivity index (χ0n) is 8.84. The van der Waals surface area contributed by atoms with Gasteiger partial charge in [0.1, 0.15) is 11.0 Å². The maximum absolute atomic E-state index is 5.91. The molecule has 1 heterocycles. The molecule has 0 aliphatic carbocycles.